The molecule has 0 radical (unpaired) electrons. The van der Waals surface area contributed by atoms with Gasteiger partial charge >= 0.3 is 0 Å². The number of nitrogens with one attached hydrogen (secondary N) is 2. The highest BCUT2D eigenvalue weighted by atomic mass is 16.5. The van der Waals surface area contributed by atoms with E-state index in [1.807, 2.05) is 49.4 Å². The predicted molar refractivity (Wildman–Crippen MR) is 124 cm³/mol. The van der Waals surface area contributed by atoms with Crippen LogP contribution < -0.4 is 15.4 Å². The van der Waals surface area contributed by atoms with E-state index in [-0.39, 0.29) is 17.7 Å². The molecule has 3 aromatic carbocycles. The summed E-state index contributed by atoms with van der Waals surface area (Å²) in [7, 11) is 0. The Bertz CT molecular complexity index is 1120. The monoisotopic (exact) mass is 410 g/mol. The van der Waals surface area contributed by atoms with Crippen LogP contribution >= 0.6 is 0 Å². The molecule has 0 amide bonds. The van der Waals surface area contributed by atoms with Crippen LogP contribution in [0.15, 0.2) is 90.1 Å². The zero-order valence-corrected chi connectivity index (χ0v) is 17.6. The lowest BCUT2D eigenvalue weighted by Gasteiger charge is -2.30. The summed E-state index contributed by atoms with van der Waals surface area (Å²) in [5, 5.41) is 7.22. The van der Waals surface area contributed by atoms with Gasteiger partial charge in [-0.3, -0.25) is 4.79 Å². The second-order valence-corrected chi connectivity index (χ2v) is 8.08. The van der Waals surface area contributed by atoms with Crippen LogP contribution in [0.5, 0.6) is 5.75 Å². The molecule has 0 fully saturated rings. The molecule has 3 aromatic rings. The van der Waals surface area contributed by atoms with Crippen molar-refractivity contribution in [2.75, 3.05) is 17.2 Å². The normalized spacial score (nSPS) is 20.1. The fourth-order valence-corrected chi connectivity index (χ4v) is 4.63. The summed E-state index contributed by atoms with van der Waals surface area (Å²) in [6, 6.07) is 26.4. The van der Waals surface area contributed by atoms with Crippen LogP contribution in [0.4, 0.5) is 11.4 Å². The fourth-order valence-electron chi connectivity index (χ4n) is 4.63. The van der Waals surface area contributed by atoms with E-state index in [1.54, 1.807) is 0 Å². The third-order valence-electron chi connectivity index (χ3n) is 6.10. The first-order valence-corrected chi connectivity index (χ1v) is 10.9. The highest BCUT2D eigenvalue weighted by molar-refractivity contribution is 6.01. The van der Waals surface area contributed by atoms with E-state index < -0.39 is 0 Å². The summed E-state index contributed by atoms with van der Waals surface area (Å²) >= 11 is 0. The van der Waals surface area contributed by atoms with Crippen LogP contribution in [-0.4, -0.2) is 12.4 Å². The molecule has 0 aromatic heterocycles. The molecule has 0 saturated heterocycles. The number of rotatable bonds is 4. The van der Waals surface area contributed by atoms with Crippen molar-refractivity contribution in [3.63, 3.8) is 0 Å². The van der Waals surface area contributed by atoms with Gasteiger partial charge in [0.25, 0.3) is 0 Å². The predicted octanol–water partition coefficient (Wildman–Crippen LogP) is 6.06. The Hall–Kier alpha value is -3.53. The average molecular weight is 411 g/mol. The first-order chi connectivity index (χ1) is 15.2. The Balaban J connectivity index is 1.54. The number of ether oxygens (including phenoxy) is 1. The van der Waals surface area contributed by atoms with Gasteiger partial charge in [-0.05, 0) is 54.7 Å². The van der Waals surface area contributed by atoms with Crippen molar-refractivity contribution in [1.82, 2.24) is 0 Å². The Kier molecular flexibility index (Phi) is 5.21. The van der Waals surface area contributed by atoms with Crippen LogP contribution in [0.1, 0.15) is 42.9 Å². The van der Waals surface area contributed by atoms with Gasteiger partial charge in [-0.25, -0.2) is 0 Å². The van der Waals surface area contributed by atoms with Gasteiger partial charge in [0.05, 0.1) is 24.0 Å². The van der Waals surface area contributed by atoms with Gasteiger partial charge in [-0.1, -0.05) is 54.6 Å². The number of benzene rings is 3. The maximum Gasteiger partial charge on any atom is 0.163 e. The quantitative estimate of drug-likeness (QED) is 0.548. The molecular weight excluding hydrogens is 384 g/mol. The lowest BCUT2D eigenvalue weighted by molar-refractivity contribution is -0.116. The Morgan fingerprint density at radius 2 is 1.55 bits per heavy atom. The Labute approximate surface area is 183 Å². The summed E-state index contributed by atoms with van der Waals surface area (Å²) < 4.78 is 5.58. The molecular formula is C27H26N2O2. The smallest absolute Gasteiger partial charge is 0.163 e. The first kappa shape index (κ1) is 19.4. The topological polar surface area (TPSA) is 50.4 Å². The maximum absolute atomic E-state index is 13.5. The number of Topliss-reactive ketones (excluding diaryl/α,β-unsaturated/α-hetero) is 1. The van der Waals surface area contributed by atoms with Gasteiger partial charge < -0.3 is 15.4 Å². The van der Waals surface area contributed by atoms with Gasteiger partial charge in [-0.15, -0.1) is 0 Å². The highest BCUT2D eigenvalue weighted by Crippen LogP contribution is 2.44. The summed E-state index contributed by atoms with van der Waals surface area (Å²) in [5.74, 6) is 1.21. The minimum Gasteiger partial charge on any atom is -0.494 e. The van der Waals surface area contributed by atoms with Crippen molar-refractivity contribution in [2.45, 2.75) is 31.7 Å². The van der Waals surface area contributed by atoms with Crippen molar-refractivity contribution < 1.29 is 9.53 Å². The molecule has 2 unspecified atom stereocenters. The molecule has 2 atom stereocenters. The molecule has 0 bridgehead atoms. The number of anilines is 2. The zero-order valence-electron chi connectivity index (χ0n) is 17.6. The Morgan fingerprint density at radius 1 is 0.839 bits per heavy atom. The molecule has 31 heavy (non-hydrogen) atoms. The number of carbonyl (C=O) groups is 1. The largest absolute Gasteiger partial charge is 0.494 e. The van der Waals surface area contributed by atoms with Crippen molar-refractivity contribution in [3.05, 3.63) is 101 Å². The molecule has 2 N–H and O–H groups in total. The number of para-hydroxylation sites is 2. The lowest BCUT2D eigenvalue weighted by atomic mass is 9.78. The molecule has 4 heteroatoms. The number of allylic oxidation sites excluding steroid dienone is 1. The number of carbonyl (C=O) groups excluding carboxylic acids is 1. The molecule has 0 spiro atoms. The second-order valence-electron chi connectivity index (χ2n) is 8.08. The van der Waals surface area contributed by atoms with E-state index >= 15 is 0 Å². The van der Waals surface area contributed by atoms with Gasteiger partial charge in [-0.2, -0.15) is 0 Å². The minimum atomic E-state index is -0.166. The fraction of sp³-hybridized carbons (Fsp3) is 0.222. The van der Waals surface area contributed by atoms with Crippen molar-refractivity contribution >= 4 is 17.2 Å². The molecule has 1 aliphatic carbocycles. The van der Waals surface area contributed by atoms with Crippen LogP contribution in [-0.2, 0) is 4.79 Å². The maximum atomic E-state index is 13.5. The molecule has 5 rings (SSSR count). The van der Waals surface area contributed by atoms with Crippen molar-refractivity contribution in [1.29, 1.82) is 0 Å². The third-order valence-corrected chi connectivity index (χ3v) is 6.10. The van der Waals surface area contributed by atoms with Crippen molar-refractivity contribution in [2.24, 2.45) is 0 Å². The molecule has 156 valence electrons. The second kappa shape index (κ2) is 8.31. The van der Waals surface area contributed by atoms with Crippen LogP contribution in [0.2, 0.25) is 0 Å². The summed E-state index contributed by atoms with van der Waals surface area (Å²) in [6.45, 7) is 2.63. The number of ketones is 1. The lowest BCUT2D eigenvalue weighted by Crippen LogP contribution is -2.26. The molecule has 1 heterocycles. The van der Waals surface area contributed by atoms with Crippen molar-refractivity contribution in [3.8, 4) is 5.75 Å². The van der Waals surface area contributed by atoms with E-state index in [9.17, 15) is 4.79 Å². The van der Waals surface area contributed by atoms with Crippen LogP contribution in [0, 0.1) is 0 Å². The van der Waals surface area contributed by atoms with E-state index in [4.69, 9.17) is 4.74 Å². The van der Waals surface area contributed by atoms with Crippen LogP contribution in [0.25, 0.3) is 0 Å². The van der Waals surface area contributed by atoms with Gasteiger partial charge in [0, 0.05) is 17.7 Å². The van der Waals surface area contributed by atoms with Gasteiger partial charge in [0.1, 0.15) is 5.75 Å². The van der Waals surface area contributed by atoms with E-state index in [1.165, 1.54) is 5.56 Å². The third kappa shape index (κ3) is 3.81. The van der Waals surface area contributed by atoms with Crippen LogP contribution in [0.3, 0.4) is 0 Å². The SMILES string of the molecule is CCOc1ccc(C2CC(=O)C3=C(C2)Nc2ccccc2NC3c2ccccc2)cc1. The summed E-state index contributed by atoms with van der Waals surface area (Å²) in [4.78, 5) is 13.5. The van der Waals surface area contributed by atoms with E-state index in [0.717, 1.165) is 40.4 Å². The summed E-state index contributed by atoms with van der Waals surface area (Å²) in [6.07, 6.45) is 1.31. The number of fused-ring (bicyclic) bond motifs is 1. The average Bonchev–Trinajstić information content (AvgIpc) is 2.97. The van der Waals surface area contributed by atoms with E-state index in [2.05, 4.69) is 47.0 Å². The van der Waals surface area contributed by atoms with Gasteiger partial charge in [0.2, 0.25) is 0 Å². The summed E-state index contributed by atoms with van der Waals surface area (Å²) in [5.41, 5.74) is 6.16. The minimum absolute atomic E-state index is 0.149. The van der Waals surface area contributed by atoms with E-state index in [0.29, 0.717) is 13.0 Å². The molecule has 4 nitrogen and oxygen atoms in total. The number of hydrogen-bond acceptors (Lipinski definition) is 4. The molecule has 1 aliphatic heterocycles. The zero-order chi connectivity index (χ0) is 21.2. The Morgan fingerprint density at radius 3 is 2.29 bits per heavy atom. The first-order valence-electron chi connectivity index (χ1n) is 10.9. The standard InChI is InChI=1S/C27H26N2O2/c1-2-31-21-14-12-18(13-15-21)20-16-24-26(25(30)17-20)27(19-8-4-3-5-9-19)29-23-11-7-6-10-22(23)28-24/h3-15,20,27-29H,2,16-17H2,1H3. The van der Waals surface area contributed by atoms with Gasteiger partial charge in [0.15, 0.2) is 5.78 Å². The number of hydrogen-bond donors (Lipinski definition) is 2. The molecule has 0 saturated carbocycles. The highest BCUT2D eigenvalue weighted by Gasteiger charge is 2.35. The molecule has 2 aliphatic rings.